The lowest BCUT2D eigenvalue weighted by Crippen LogP contribution is -2.70. The SMILES string of the molecule is O=C(O)C1CC(C2(C(=O)O)C(C(=O)O)C(C(=O)O)C2C(=O)O)c2ccccc2C1C(=O)O. The zero-order chi connectivity index (χ0) is 24.1. The molecule has 1 aromatic rings. The van der Waals surface area contributed by atoms with E-state index in [-0.39, 0.29) is 11.1 Å². The molecule has 0 saturated heterocycles. The Kier molecular flexibility index (Phi) is 5.41. The molecule has 0 aromatic heterocycles. The first-order valence-corrected chi connectivity index (χ1v) is 9.35. The quantitative estimate of drug-likeness (QED) is 0.328. The lowest BCUT2D eigenvalue weighted by molar-refractivity contribution is -0.218. The Morgan fingerprint density at radius 3 is 1.56 bits per heavy atom. The predicted octanol–water partition coefficient (Wildman–Crippen LogP) is 0.230. The lowest BCUT2D eigenvalue weighted by atomic mass is 9.39. The molecule has 1 saturated carbocycles. The van der Waals surface area contributed by atoms with E-state index >= 15 is 0 Å². The van der Waals surface area contributed by atoms with Crippen LogP contribution in [0.2, 0.25) is 0 Å². The highest BCUT2D eigenvalue weighted by atomic mass is 16.4. The second-order valence-corrected chi connectivity index (χ2v) is 7.91. The summed E-state index contributed by atoms with van der Waals surface area (Å²) in [5.74, 6) is -21.9. The molecule has 12 nitrogen and oxygen atoms in total. The fraction of sp³-hybridized carbons (Fsp3) is 0.400. The molecule has 3 rings (SSSR count). The fourth-order valence-electron chi connectivity index (χ4n) is 5.56. The summed E-state index contributed by atoms with van der Waals surface area (Å²) in [6, 6.07) is 5.31. The number of carboxylic acids is 6. The van der Waals surface area contributed by atoms with Crippen LogP contribution in [0.3, 0.4) is 0 Å². The molecule has 6 N–H and O–H groups in total. The molecule has 0 bridgehead atoms. The van der Waals surface area contributed by atoms with Crippen LogP contribution in [0.1, 0.15) is 29.4 Å². The van der Waals surface area contributed by atoms with Crippen molar-refractivity contribution in [2.75, 3.05) is 0 Å². The van der Waals surface area contributed by atoms with Gasteiger partial charge in [0.2, 0.25) is 0 Å². The number of carboxylic acid groups (broad SMARTS) is 6. The van der Waals surface area contributed by atoms with Gasteiger partial charge in [0.15, 0.2) is 0 Å². The van der Waals surface area contributed by atoms with Gasteiger partial charge in [0.1, 0.15) is 5.41 Å². The Morgan fingerprint density at radius 1 is 0.688 bits per heavy atom. The smallest absolute Gasteiger partial charge is 0.312 e. The second-order valence-electron chi connectivity index (χ2n) is 7.91. The Bertz CT molecular complexity index is 1020. The monoisotopic (exact) mass is 450 g/mol. The summed E-state index contributed by atoms with van der Waals surface area (Å²) in [6.45, 7) is 0. The topological polar surface area (TPSA) is 224 Å². The van der Waals surface area contributed by atoms with E-state index in [1.165, 1.54) is 24.3 Å². The predicted molar refractivity (Wildman–Crippen MR) is 98.7 cm³/mol. The van der Waals surface area contributed by atoms with E-state index in [1.54, 1.807) is 0 Å². The number of hydrogen-bond donors (Lipinski definition) is 6. The first kappa shape index (κ1) is 22.7. The van der Waals surface area contributed by atoms with Crippen LogP contribution in [0.25, 0.3) is 0 Å². The van der Waals surface area contributed by atoms with E-state index in [0.717, 1.165) is 0 Å². The molecule has 2 aliphatic rings. The molecule has 1 fully saturated rings. The van der Waals surface area contributed by atoms with Crippen molar-refractivity contribution in [3.05, 3.63) is 35.4 Å². The summed E-state index contributed by atoms with van der Waals surface area (Å²) in [6.07, 6.45) is -0.699. The molecule has 0 aliphatic heterocycles. The van der Waals surface area contributed by atoms with Gasteiger partial charge in [-0.05, 0) is 17.5 Å². The van der Waals surface area contributed by atoms with Crippen molar-refractivity contribution in [2.45, 2.75) is 18.3 Å². The number of rotatable bonds is 7. The van der Waals surface area contributed by atoms with Crippen LogP contribution in [0.15, 0.2) is 24.3 Å². The number of hydrogen-bond acceptors (Lipinski definition) is 6. The van der Waals surface area contributed by atoms with Crippen molar-refractivity contribution in [1.29, 1.82) is 0 Å². The van der Waals surface area contributed by atoms with Gasteiger partial charge in [-0.25, -0.2) is 0 Å². The van der Waals surface area contributed by atoms with E-state index in [1.807, 2.05) is 0 Å². The summed E-state index contributed by atoms with van der Waals surface area (Å²) < 4.78 is 0. The normalized spacial score (nSPS) is 33.2. The molecule has 0 amide bonds. The summed E-state index contributed by atoms with van der Waals surface area (Å²) >= 11 is 0. The molecular formula is C20H18O12. The third-order valence-corrected chi connectivity index (χ3v) is 6.69. The minimum absolute atomic E-state index is 0.0267. The highest BCUT2D eigenvalue weighted by molar-refractivity contribution is 6.00. The van der Waals surface area contributed by atoms with Gasteiger partial charge in [0.05, 0.1) is 29.6 Å². The van der Waals surface area contributed by atoms with Crippen LogP contribution in [0.4, 0.5) is 0 Å². The summed E-state index contributed by atoms with van der Waals surface area (Å²) in [5.41, 5.74) is -2.83. The number of fused-ring (bicyclic) bond motifs is 1. The Labute approximate surface area is 178 Å². The Balaban J connectivity index is 2.35. The molecule has 1 aromatic carbocycles. The third-order valence-electron chi connectivity index (χ3n) is 6.69. The molecule has 12 heteroatoms. The first-order valence-electron chi connectivity index (χ1n) is 9.35. The molecule has 32 heavy (non-hydrogen) atoms. The molecule has 170 valence electrons. The van der Waals surface area contributed by atoms with Crippen LogP contribution < -0.4 is 0 Å². The molecule has 0 spiro atoms. The van der Waals surface area contributed by atoms with Crippen LogP contribution >= 0.6 is 0 Å². The average molecular weight is 450 g/mol. The average Bonchev–Trinajstić information content (AvgIpc) is 2.65. The first-order chi connectivity index (χ1) is 14.9. The maximum absolute atomic E-state index is 12.5. The van der Waals surface area contributed by atoms with Gasteiger partial charge in [-0.15, -0.1) is 0 Å². The number of benzene rings is 1. The highest BCUT2D eigenvalue weighted by Gasteiger charge is 2.78. The second kappa shape index (κ2) is 7.62. The van der Waals surface area contributed by atoms with Crippen molar-refractivity contribution in [1.82, 2.24) is 0 Å². The van der Waals surface area contributed by atoms with Crippen molar-refractivity contribution in [2.24, 2.45) is 29.1 Å². The molecule has 2 aliphatic carbocycles. The van der Waals surface area contributed by atoms with Crippen LogP contribution in [0, 0.1) is 29.1 Å². The molecule has 5 unspecified atom stereocenters. The van der Waals surface area contributed by atoms with Crippen molar-refractivity contribution in [3.63, 3.8) is 0 Å². The maximum atomic E-state index is 12.5. The fourth-order valence-corrected chi connectivity index (χ4v) is 5.56. The van der Waals surface area contributed by atoms with Crippen LogP contribution in [-0.2, 0) is 28.8 Å². The Hall–Kier alpha value is -3.96. The summed E-state index contributed by atoms with van der Waals surface area (Å²) in [7, 11) is 0. The van der Waals surface area contributed by atoms with Gasteiger partial charge >= 0.3 is 35.8 Å². The summed E-state index contributed by atoms with van der Waals surface area (Å²) in [4.78, 5) is 71.9. The van der Waals surface area contributed by atoms with Gasteiger partial charge in [0.25, 0.3) is 0 Å². The van der Waals surface area contributed by atoms with Gasteiger partial charge in [-0.3, -0.25) is 28.8 Å². The summed E-state index contributed by atoms with van der Waals surface area (Å²) in [5, 5.41) is 58.2. The number of aliphatic carboxylic acids is 6. The van der Waals surface area contributed by atoms with Gasteiger partial charge in [-0.2, -0.15) is 0 Å². The largest absolute Gasteiger partial charge is 0.481 e. The molecule has 0 radical (unpaired) electrons. The van der Waals surface area contributed by atoms with Crippen molar-refractivity contribution >= 4 is 35.8 Å². The molecular weight excluding hydrogens is 432 g/mol. The standard InChI is InChI=1S/C20H18O12/c21-14(22)8-5-9(6-3-1-2-4-7(6)10(8)15(23)24)20(19(31)32)12(17(27)28)11(16(25)26)13(20)18(29)30/h1-4,8-13H,5H2,(H,21,22)(H,23,24)(H,25,26)(H,27,28)(H,29,30)(H,31,32). The third kappa shape index (κ3) is 2.90. The Morgan fingerprint density at radius 2 is 1.19 bits per heavy atom. The van der Waals surface area contributed by atoms with Crippen molar-refractivity contribution < 1.29 is 59.4 Å². The zero-order valence-electron chi connectivity index (χ0n) is 16.1. The zero-order valence-corrected chi connectivity index (χ0v) is 16.1. The minimum Gasteiger partial charge on any atom is -0.481 e. The van der Waals surface area contributed by atoms with E-state index in [9.17, 15) is 59.4 Å². The number of carbonyl (C=O) groups is 6. The van der Waals surface area contributed by atoms with E-state index in [4.69, 9.17) is 0 Å². The maximum Gasteiger partial charge on any atom is 0.312 e. The van der Waals surface area contributed by atoms with E-state index < -0.39 is 83.2 Å². The molecule has 5 atom stereocenters. The highest BCUT2D eigenvalue weighted by Crippen LogP contribution is 2.66. The van der Waals surface area contributed by atoms with Gasteiger partial charge in [-0.1, -0.05) is 24.3 Å². The van der Waals surface area contributed by atoms with Crippen LogP contribution in [-0.4, -0.2) is 66.5 Å². The van der Waals surface area contributed by atoms with Gasteiger partial charge in [0, 0.05) is 5.92 Å². The molecule has 0 heterocycles. The van der Waals surface area contributed by atoms with E-state index in [0.29, 0.717) is 0 Å². The lowest BCUT2D eigenvalue weighted by Gasteiger charge is -2.58. The van der Waals surface area contributed by atoms with Crippen molar-refractivity contribution in [3.8, 4) is 0 Å². The van der Waals surface area contributed by atoms with Gasteiger partial charge < -0.3 is 30.6 Å². The van der Waals surface area contributed by atoms with E-state index in [2.05, 4.69) is 0 Å². The van der Waals surface area contributed by atoms with Crippen LogP contribution in [0.5, 0.6) is 0 Å². The minimum atomic E-state index is -2.71.